The largest absolute Gasteiger partial charge is 0.467 e. The van der Waals surface area contributed by atoms with Crippen LogP contribution in [0.1, 0.15) is 33.6 Å². The summed E-state index contributed by atoms with van der Waals surface area (Å²) in [4.78, 5) is 24.5. The van der Waals surface area contributed by atoms with Crippen LogP contribution < -0.4 is 0 Å². The molecule has 1 saturated carbocycles. The van der Waals surface area contributed by atoms with Crippen molar-refractivity contribution in [1.82, 2.24) is 4.90 Å². The van der Waals surface area contributed by atoms with E-state index in [1.165, 1.54) is 7.11 Å². The van der Waals surface area contributed by atoms with Crippen LogP contribution in [-0.2, 0) is 19.0 Å². The summed E-state index contributed by atoms with van der Waals surface area (Å²) in [6, 6.07) is 0. The van der Waals surface area contributed by atoms with Crippen LogP contribution in [0.4, 0.5) is 4.79 Å². The Morgan fingerprint density at radius 3 is 2.35 bits per heavy atom. The van der Waals surface area contributed by atoms with E-state index in [4.69, 9.17) is 9.47 Å². The van der Waals surface area contributed by atoms with Crippen molar-refractivity contribution < 1.29 is 23.8 Å². The highest BCUT2D eigenvalue weighted by Crippen LogP contribution is 2.49. The van der Waals surface area contributed by atoms with Gasteiger partial charge in [-0.15, -0.1) is 0 Å². The number of hydrogen-bond acceptors (Lipinski definition) is 5. The van der Waals surface area contributed by atoms with Gasteiger partial charge in [0.15, 0.2) is 0 Å². The van der Waals surface area contributed by atoms with Crippen LogP contribution in [0.15, 0.2) is 0 Å². The first-order chi connectivity index (χ1) is 9.23. The van der Waals surface area contributed by atoms with Crippen molar-refractivity contribution >= 4 is 12.1 Å². The molecule has 6 nitrogen and oxygen atoms in total. The minimum atomic E-state index is -0.453. The van der Waals surface area contributed by atoms with Gasteiger partial charge in [-0.05, 0) is 33.6 Å². The van der Waals surface area contributed by atoms with Crippen LogP contribution in [0.5, 0.6) is 0 Å². The number of likely N-dealkylation sites (tertiary alicyclic amines) is 1. The van der Waals surface area contributed by atoms with E-state index in [1.54, 1.807) is 4.90 Å². The number of carbonyl (C=O) groups excluding carboxylic acids is 2. The van der Waals surface area contributed by atoms with E-state index in [1.807, 2.05) is 20.8 Å². The van der Waals surface area contributed by atoms with Crippen LogP contribution in [0.25, 0.3) is 0 Å². The lowest BCUT2D eigenvalue weighted by Gasteiger charge is -2.58. The molecule has 0 aromatic rings. The van der Waals surface area contributed by atoms with Crippen molar-refractivity contribution in [3.63, 3.8) is 0 Å². The normalized spacial score (nSPS) is 21.1. The maximum Gasteiger partial charge on any atom is 0.410 e. The fourth-order valence-corrected chi connectivity index (χ4v) is 2.75. The summed E-state index contributed by atoms with van der Waals surface area (Å²) >= 11 is 0. The molecule has 2 fully saturated rings. The Morgan fingerprint density at radius 2 is 1.85 bits per heavy atom. The number of nitrogens with zero attached hydrogens (tertiary/aromatic N) is 1. The third-order valence-electron chi connectivity index (χ3n) is 3.69. The molecule has 1 aliphatic heterocycles. The first-order valence-electron chi connectivity index (χ1n) is 6.89. The molecule has 2 aliphatic rings. The SMILES string of the molecule is COC(=O)COC1CC2(C1)CN(C(=O)OC(C)(C)C)C2. The van der Waals surface area contributed by atoms with Crippen LogP contribution in [0.2, 0.25) is 0 Å². The number of carbonyl (C=O) groups is 2. The molecule has 0 radical (unpaired) electrons. The van der Waals surface area contributed by atoms with Crippen molar-refractivity contribution in [2.75, 3.05) is 26.8 Å². The lowest BCUT2D eigenvalue weighted by atomic mass is 9.62. The molecule has 114 valence electrons. The summed E-state index contributed by atoms with van der Waals surface area (Å²) in [6.45, 7) is 7.04. The lowest BCUT2D eigenvalue weighted by molar-refractivity contribution is -0.167. The molecule has 1 amide bonds. The van der Waals surface area contributed by atoms with E-state index < -0.39 is 5.60 Å². The Kier molecular flexibility index (Phi) is 3.95. The highest BCUT2D eigenvalue weighted by molar-refractivity contribution is 5.70. The summed E-state index contributed by atoms with van der Waals surface area (Å²) in [5.41, 5.74) is -0.275. The molecule has 1 spiro atoms. The number of esters is 1. The minimum Gasteiger partial charge on any atom is -0.467 e. The van der Waals surface area contributed by atoms with Gasteiger partial charge < -0.3 is 19.1 Å². The van der Waals surface area contributed by atoms with Gasteiger partial charge in [-0.1, -0.05) is 0 Å². The standard InChI is InChI=1S/C14H23NO5/c1-13(2,3)20-12(17)15-8-14(9-15)5-10(6-14)19-7-11(16)18-4/h10H,5-9H2,1-4H3. The van der Waals surface area contributed by atoms with Gasteiger partial charge in [0.2, 0.25) is 0 Å². The van der Waals surface area contributed by atoms with Crippen molar-refractivity contribution in [3.8, 4) is 0 Å². The highest BCUT2D eigenvalue weighted by Gasteiger charge is 2.54. The second kappa shape index (κ2) is 5.24. The van der Waals surface area contributed by atoms with E-state index in [9.17, 15) is 9.59 Å². The van der Waals surface area contributed by atoms with E-state index in [0.29, 0.717) is 0 Å². The van der Waals surface area contributed by atoms with Crippen LogP contribution in [0, 0.1) is 5.41 Å². The highest BCUT2D eigenvalue weighted by atomic mass is 16.6. The maximum absolute atomic E-state index is 11.8. The first-order valence-corrected chi connectivity index (χ1v) is 6.89. The molecule has 0 aromatic heterocycles. The molecule has 1 aliphatic carbocycles. The molecule has 1 saturated heterocycles. The molecule has 2 rings (SSSR count). The molecular weight excluding hydrogens is 262 g/mol. The second-order valence-corrected chi connectivity index (χ2v) is 6.75. The zero-order valence-corrected chi connectivity index (χ0v) is 12.6. The number of rotatable bonds is 3. The predicted octanol–water partition coefficient (Wildman–Crippen LogP) is 1.58. The number of amides is 1. The van der Waals surface area contributed by atoms with E-state index >= 15 is 0 Å². The zero-order valence-electron chi connectivity index (χ0n) is 12.6. The Morgan fingerprint density at radius 1 is 1.25 bits per heavy atom. The molecule has 1 heterocycles. The number of hydrogen-bond donors (Lipinski definition) is 0. The second-order valence-electron chi connectivity index (χ2n) is 6.75. The van der Waals surface area contributed by atoms with Crippen molar-refractivity contribution in [2.24, 2.45) is 5.41 Å². The summed E-state index contributed by atoms with van der Waals surface area (Å²) in [6.07, 6.45) is 1.64. The van der Waals surface area contributed by atoms with E-state index in [0.717, 1.165) is 25.9 Å². The summed E-state index contributed by atoms with van der Waals surface area (Å²) in [5.74, 6) is -0.352. The molecule has 0 N–H and O–H groups in total. The zero-order chi connectivity index (χ0) is 15.0. The van der Waals surface area contributed by atoms with E-state index in [2.05, 4.69) is 4.74 Å². The molecule has 0 bridgehead atoms. The van der Waals surface area contributed by atoms with E-state index in [-0.39, 0.29) is 30.2 Å². The third kappa shape index (κ3) is 3.42. The molecule has 6 heteroatoms. The summed E-state index contributed by atoms with van der Waals surface area (Å²) in [5, 5.41) is 0. The van der Waals surface area contributed by atoms with Crippen LogP contribution in [-0.4, -0.2) is 55.5 Å². The fourth-order valence-electron chi connectivity index (χ4n) is 2.75. The minimum absolute atomic E-state index is 0.00697. The summed E-state index contributed by atoms with van der Waals surface area (Å²) in [7, 11) is 1.35. The predicted molar refractivity (Wildman–Crippen MR) is 71.2 cm³/mol. The van der Waals surface area contributed by atoms with Gasteiger partial charge in [-0.2, -0.15) is 0 Å². The Bertz CT molecular complexity index is 387. The maximum atomic E-state index is 11.8. The fraction of sp³-hybridized carbons (Fsp3) is 0.857. The monoisotopic (exact) mass is 285 g/mol. The van der Waals surface area contributed by atoms with Gasteiger partial charge in [0, 0.05) is 18.5 Å². The Balaban J connectivity index is 1.65. The van der Waals surface area contributed by atoms with Gasteiger partial charge in [0.25, 0.3) is 0 Å². The Hall–Kier alpha value is -1.30. The molecule has 0 aromatic carbocycles. The topological polar surface area (TPSA) is 65.1 Å². The van der Waals surface area contributed by atoms with Gasteiger partial charge >= 0.3 is 12.1 Å². The molecule has 0 unspecified atom stereocenters. The van der Waals surface area contributed by atoms with Crippen molar-refractivity contribution in [2.45, 2.75) is 45.3 Å². The van der Waals surface area contributed by atoms with Crippen LogP contribution >= 0.6 is 0 Å². The molecule has 20 heavy (non-hydrogen) atoms. The van der Waals surface area contributed by atoms with Gasteiger partial charge in [-0.3, -0.25) is 0 Å². The Labute approximate surface area is 119 Å². The first kappa shape index (κ1) is 15.1. The summed E-state index contributed by atoms with van der Waals surface area (Å²) < 4.78 is 15.3. The van der Waals surface area contributed by atoms with Crippen molar-refractivity contribution in [1.29, 1.82) is 0 Å². The average Bonchev–Trinajstić information content (AvgIpc) is 2.21. The van der Waals surface area contributed by atoms with Gasteiger partial charge in [-0.25, -0.2) is 9.59 Å². The van der Waals surface area contributed by atoms with Crippen LogP contribution in [0.3, 0.4) is 0 Å². The smallest absolute Gasteiger partial charge is 0.410 e. The lowest BCUT2D eigenvalue weighted by Crippen LogP contribution is -2.65. The van der Waals surface area contributed by atoms with Crippen molar-refractivity contribution in [3.05, 3.63) is 0 Å². The third-order valence-corrected chi connectivity index (χ3v) is 3.69. The quantitative estimate of drug-likeness (QED) is 0.737. The number of ether oxygens (including phenoxy) is 3. The molecule has 0 atom stereocenters. The molecular formula is C14H23NO5. The van der Waals surface area contributed by atoms with Gasteiger partial charge in [0.05, 0.1) is 13.2 Å². The average molecular weight is 285 g/mol. The number of methoxy groups -OCH3 is 1. The van der Waals surface area contributed by atoms with Gasteiger partial charge in [0.1, 0.15) is 12.2 Å².